The monoisotopic (exact) mass is 190 g/mol. The largest absolute Gasteiger partial charge is 0.396 e. The van der Waals surface area contributed by atoms with Crippen LogP contribution >= 0.6 is 0 Å². The molecule has 1 radical (unpaired) electrons. The van der Waals surface area contributed by atoms with E-state index < -0.39 is 0 Å². The number of nitrogens with zero attached hydrogens (tertiary/aromatic N) is 1. The van der Waals surface area contributed by atoms with Crippen LogP contribution in [0.1, 0.15) is 18.4 Å². The van der Waals surface area contributed by atoms with Crippen LogP contribution in [0.4, 0.5) is 5.69 Å². The van der Waals surface area contributed by atoms with Crippen molar-refractivity contribution in [3.8, 4) is 0 Å². The molecule has 0 saturated heterocycles. The molecule has 0 saturated carbocycles. The van der Waals surface area contributed by atoms with E-state index in [0.29, 0.717) is 0 Å². The van der Waals surface area contributed by atoms with Gasteiger partial charge in [-0.25, -0.2) is 0 Å². The minimum atomic E-state index is 0.280. The van der Waals surface area contributed by atoms with Crippen LogP contribution < -0.4 is 4.90 Å². The van der Waals surface area contributed by atoms with E-state index in [4.69, 9.17) is 5.11 Å². The Hall–Kier alpha value is -1.02. The number of benzene rings is 1. The molecule has 1 aromatic carbocycles. The van der Waals surface area contributed by atoms with E-state index >= 15 is 0 Å². The molecule has 0 atom stereocenters. The van der Waals surface area contributed by atoms with E-state index in [2.05, 4.69) is 23.1 Å². The van der Waals surface area contributed by atoms with Crippen LogP contribution in [-0.2, 0) is 6.42 Å². The van der Waals surface area contributed by atoms with Crippen molar-refractivity contribution in [2.45, 2.75) is 19.3 Å². The Labute approximate surface area is 85.2 Å². The summed E-state index contributed by atoms with van der Waals surface area (Å²) < 4.78 is 0. The first-order valence-corrected chi connectivity index (χ1v) is 5.26. The lowest BCUT2D eigenvalue weighted by atomic mass is 10.0. The molecule has 1 N–H and O–H groups in total. The number of hydrogen-bond donors (Lipinski definition) is 1. The van der Waals surface area contributed by atoms with Gasteiger partial charge in [-0.1, -0.05) is 12.1 Å². The average Bonchev–Trinajstić information content (AvgIpc) is 2.26. The minimum Gasteiger partial charge on any atom is -0.396 e. The summed E-state index contributed by atoms with van der Waals surface area (Å²) in [7, 11) is 0. The molecular formula is C12H16NO. The lowest BCUT2D eigenvalue weighted by Gasteiger charge is -2.31. The zero-order valence-corrected chi connectivity index (χ0v) is 8.37. The average molecular weight is 190 g/mol. The molecule has 1 heterocycles. The highest BCUT2D eigenvalue weighted by Gasteiger charge is 2.14. The van der Waals surface area contributed by atoms with Crippen molar-refractivity contribution >= 4 is 5.69 Å². The highest BCUT2D eigenvalue weighted by atomic mass is 16.3. The lowest BCUT2D eigenvalue weighted by molar-refractivity contribution is 0.289. The van der Waals surface area contributed by atoms with Gasteiger partial charge in [-0.2, -0.15) is 0 Å². The first kappa shape index (κ1) is 9.53. The summed E-state index contributed by atoms with van der Waals surface area (Å²) in [5.41, 5.74) is 2.74. The van der Waals surface area contributed by atoms with E-state index in [1.165, 1.54) is 24.1 Å². The summed E-state index contributed by atoms with van der Waals surface area (Å²) in [6.45, 7) is 2.36. The molecule has 0 spiro atoms. The number of anilines is 1. The van der Waals surface area contributed by atoms with Gasteiger partial charge in [-0.05, 0) is 37.0 Å². The van der Waals surface area contributed by atoms with E-state index in [0.717, 1.165) is 19.5 Å². The number of rotatable bonds is 3. The van der Waals surface area contributed by atoms with E-state index in [1.807, 2.05) is 6.07 Å². The Morgan fingerprint density at radius 3 is 3.29 bits per heavy atom. The first-order valence-electron chi connectivity index (χ1n) is 5.26. The molecule has 0 fully saturated rings. The van der Waals surface area contributed by atoms with E-state index in [9.17, 15) is 0 Å². The Morgan fingerprint density at radius 1 is 1.50 bits per heavy atom. The van der Waals surface area contributed by atoms with Crippen LogP contribution in [-0.4, -0.2) is 24.8 Å². The number of hydrogen-bond acceptors (Lipinski definition) is 2. The maximum Gasteiger partial charge on any atom is 0.0447 e. The molecule has 14 heavy (non-hydrogen) atoms. The molecule has 0 aromatic heterocycles. The van der Waals surface area contributed by atoms with Gasteiger partial charge in [0.2, 0.25) is 0 Å². The molecule has 1 aliphatic rings. The van der Waals surface area contributed by atoms with Crippen molar-refractivity contribution in [1.82, 2.24) is 0 Å². The van der Waals surface area contributed by atoms with Crippen LogP contribution in [0.3, 0.4) is 0 Å². The van der Waals surface area contributed by atoms with Gasteiger partial charge in [0.25, 0.3) is 0 Å². The van der Waals surface area contributed by atoms with Crippen molar-refractivity contribution < 1.29 is 5.11 Å². The Morgan fingerprint density at radius 2 is 2.43 bits per heavy atom. The maximum absolute atomic E-state index is 8.81. The van der Waals surface area contributed by atoms with Crippen molar-refractivity contribution in [2.24, 2.45) is 0 Å². The summed E-state index contributed by atoms with van der Waals surface area (Å²) in [4.78, 5) is 2.35. The number of aliphatic hydroxyl groups excluding tert-OH is 1. The molecule has 0 bridgehead atoms. The van der Waals surface area contributed by atoms with Gasteiger partial charge in [-0.15, -0.1) is 0 Å². The van der Waals surface area contributed by atoms with Gasteiger partial charge in [-0.3, -0.25) is 0 Å². The minimum absolute atomic E-state index is 0.280. The summed E-state index contributed by atoms with van der Waals surface area (Å²) >= 11 is 0. The zero-order valence-electron chi connectivity index (χ0n) is 8.37. The fourth-order valence-electron chi connectivity index (χ4n) is 2.03. The zero-order chi connectivity index (χ0) is 9.80. The van der Waals surface area contributed by atoms with Crippen LogP contribution in [0.15, 0.2) is 18.2 Å². The highest BCUT2D eigenvalue weighted by molar-refractivity contribution is 5.54. The quantitative estimate of drug-likeness (QED) is 0.783. The van der Waals surface area contributed by atoms with Gasteiger partial charge in [0.15, 0.2) is 0 Å². The summed E-state index contributed by atoms with van der Waals surface area (Å²) in [6, 6.07) is 9.32. The topological polar surface area (TPSA) is 23.5 Å². The lowest BCUT2D eigenvalue weighted by Crippen LogP contribution is -2.30. The predicted octanol–water partition coefficient (Wildman–Crippen LogP) is 1.62. The Kier molecular flexibility index (Phi) is 3.04. The number of fused-ring (bicyclic) bond motifs is 1. The van der Waals surface area contributed by atoms with Crippen LogP contribution in [0.25, 0.3) is 0 Å². The molecule has 0 unspecified atom stereocenters. The standard InChI is InChI=1S/C12H16NO/c14-10-4-9-13-8-3-6-11-5-1-2-7-12(11)13/h1,5,7,14H,3-4,6,8-10H2. The molecule has 0 amide bonds. The van der Waals surface area contributed by atoms with Gasteiger partial charge < -0.3 is 10.0 Å². The summed E-state index contributed by atoms with van der Waals surface area (Å²) in [5.74, 6) is 0. The van der Waals surface area contributed by atoms with Crippen molar-refractivity contribution in [1.29, 1.82) is 0 Å². The second-order valence-corrected chi connectivity index (χ2v) is 3.72. The van der Waals surface area contributed by atoms with E-state index in [1.54, 1.807) is 0 Å². The highest BCUT2D eigenvalue weighted by Crippen LogP contribution is 2.26. The Balaban J connectivity index is 2.14. The predicted molar refractivity (Wildman–Crippen MR) is 57.5 cm³/mol. The third-order valence-electron chi connectivity index (χ3n) is 2.73. The van der Waals surface area contributed by atoms with Crippen LogP contribution in [0.2, 0.25) is 0 Å². The van der Waals surface area contributed by atoms with Crippen LogP contribution in [0.5, 0.6) is 0 Å². The second-order valence-electron chi connectivity index (χ2n) is 3.72. The molecule has 0 aliphatic carbocycles. The molecule has 1 aliphatic heterocycles. The van der Waals surface area contributed by atoms with Crippen LogP contribution in [0, 0.1) is 6.07 Å². The third-order valence-corrected chi connectivity index (χ3v) is 2.73. The van der Waals surface area contributed by atoms with Gasteiger partial charge in [0.1, 0.15) is 0 Å². The summed E-state index contributed by atoms with van der Waals surface area (Å²) in [5, 5.41) is 8.81. The van der Waals surface area contributed by atoms with Gasteiger partial charge in [0.05, 0.1) is 0 Å². The molecular weight excluding hydrogens is 174 g/mol. The maximum atomic E-state index is 8.81. The molecule has 2 heteroatoms. The smallest absolute Gasteiger partial charge is 0.0447 e. The molecule has 2 rings (SSSR count). The first-order chi connectivity index (χ1) is 6.92. The molecule has 2 nitrogen and oxygen atoms in total. The fraction of sp³-hybridized carbons (Fsp3) is 0.500. The molecule has 1 aromatic rings. The van der Waals surface area contributed by atoms with Gasteiger partial charge >= 0.3 is 0 Å². The summed E-state index contributed by atoms with van der Waals surface area (Å²) in [6.07, 6.45) is 3.26. The Bertz CT molecular complexity index is 298. The number of aryl methyl sites for hydroxylation is 1. The molecule has 75 valence electrons. The normalized spacial score (nSPS) is 15.4. The van der Waals surface area contributed by atoms with Crippen molar-refractivity contribution in [3.63, 3.8) is 0 Å². The third kappa shape index (κ3) is 1.90. The SMILES string of the molecule is OCCCN1CCCc2cc[c]cc21. The van der Waals surface area contributed by atoms with Crippen molar-refractivity contribution in [2.75, 3.05) is 24.6 Å². The van der Waals surface area contributed by atoms with Gasteiger partial charge in [0, 0.05) is 25.4 Å². The second kappa shape index (κ2) is 4.47. The van der Waals surface area contributed by atoms with E-state index in [-0.39, 0.29) is 6.61 Å². The van der Waals surface area contributed by atoms with Crippen molar-refractivity contribution in [3.05, 3.63) is 29.8 Å². The number of aliphatic hydroxyl groups is 1. The fourth-order valence-corrected chi connectivity index (χ4v) is 2.03.